The molecule has 9 nitrogen and oxygen atoms in total. The zero-order valence-corrected chi connectivity index (χ0v) is 12.0. The maximum Gasteiger partial charge on any atom is 0.362 e. The van der Waals surface area contributed by atoms with Crippen LogP contribution in [0.15, 0.2) is 15.8 Å². The number of ether oxygens (including phenoxy) is 1. The van der Waals surface area contributed by atoms with Crippen molar-refractivity contribution >= 4 is 5.97 Å². The van der Waals surface area contributed by atoms with Crippen LogP contribution >= 0.6 is 0 Å². The summed E-state index contributed by atoms with van der Waals surface area (Å²) in [6.45, 7) is 1.22. The number of nitrogens with one attached hydrogen (secondary N) is 1. The van der Waals surface area contributed by atoms with Crippen LogP contribution in [0, 0.1) is 5.82 Å². The number of carbonyl (C=O) groups excluding carboxylic acids is 1. The molecular formula is C12H16FN3O6. The Bertz CT molecular complexity index is 686. The lowest BCUT2D eigenvalue weighted by Gasteiger charge is -2.27. The minimum absolute atomic E-state index is 0.0119. The van der Waals surface area contributed by atoms with Gasteiger partial charge in [-0.15, -0.1) is 0 Å². The fraction of sp³-hybridized carbons (Fsp3) is 0.583. The molecule has 2 heterocycles. The standard InChI is InChI=1S/C12H16FN3O6/c1-3-21-10(19)12(4-7(6-17)15(2)22-12)16-5-8(13)9(18)14-11(16)20/h5,7,17H,3-4,6H2,1-2H3,(H,14,18,20)/t7-,12-/m1/s1. The SMILES string of the molecule is CCOC(=O)[C@@]1(n2cc(F)c(=O)[nH]c2=O)C[C@H](CO)N(C)O1. The van der Waals surface area contributed by atoms with Crippen molar-refractivity contribution in [3.8, 4) is 0 Å². The van der Waals surface area contributed by atoms with Gasteiger partial charge in [-0.2, -0.15) is 9.45 Å². The molecule has 0 aliphatic carbocycles. The summed E-state index contributed by atoms with van der Waals surface area (Å²) in [5.74, 6) is -2.17. The van der Waals surface area contributed by atoms with E-state index < -0.39 is 34.8 Å². The van der Waals surface area contributed by atoms with Gasteiger partial charge in [0.2, 0.25) is 5.82 Å². The summed E-state index contributed by atoms with van der Waals surface area (Å²) < 4.78 is 19.1. The van der Waals surface area contributed by atoms with E-state index in [2.05, 4.69) is 0 Å². The number of carbonyl (C=O) groups is 1. The highest BCUT2D eigenvalue weighted by Crippen LogP contribution is 2.34. The van der Waals surface area contributed by atoms with Gasteiger partial charge in [0.25, 0.3) is 11.3 Å². The molecule has 0 unspecified atom stereocenters. The largest absolute Gasteiger partial charge is 0.462 e. The molecule has 0 aromatic carbocycles. The monoisotopic (exact) mass is 317 g/mol. The summed E-state index contributed by atoms with van der Waals surface area (Å²) in [6, 6.07) is -0.605. The molecule has 0 spiro atoms. The number of nitrogens with zero attached hydrogens (tertiary/aromatic N) is 2. The molecule has 1 aromatic rings. The highest BCUT2D eigenvalue weighted by Gasteiger charge is 2.54. The topological polar surface area (TPSA) is 114 Å². The third-order valence-electron chi connectivity index (χ3n) is 3.41. The highest BCUT2D eigenvalue weighted by molar-refractivity contribution is 5.77. The average Bonchev–Trinajstić information content (AvgIpc) is 2.81. The molecule has 1 aliphatic rings. The number of aromatic nitrogens is 2. The van der Waals surface area contributed by atoms with E-state index in [9.17, 15) is 23.9 Å². The van der Waals surface area contributed by atoms with Gasteiger partial charge in [0.15, 0.2) is 0 Å². The summed E-state index contributed by atoms with van der Waals surface area (Å²) >= 11 is 0. The number of hydrogen-bond donors (Lipinski definition) is 2. The van der Waals surface area contributed by atoms with E-state index in [4.69, 9.17) is 9.57 Å². The van der Waals surface area contributed by atoms with Crippen LogP contribution in [0.5, 0.6) is 0 Å². The van der Waals surface area contributed by atoms with Crippen LogP contribution in [0.2, 0.25) is 0 Å². The van der Waals surface area contributed by atoms with Gasteiger partial charge >= 0.3 is 11.7 Å². The molecule has 10 heteroatoms. The number of hydroxylamine groups is 2. The minimum Gasteiger partial charge on any atom is -0.462 e. The van der Waals surface area contributed by atoms with Crippen molar-refractivity contribution in [3.63, 3.8) is 0 Å². The van der Waals surface area contributed by atoms with Crippen molar-refractivity contribution < 1.29 is 23.9 Å². The predicted octanol–water partition coefficient (Wildman–Crippen LogP) is -1.48. The molecule has 2 rings (SSSR count). The van der Waals surface area contributed by atoms with Gasteiger partial charge in [-0.25, -0.2) is 9.59 Å². The molecule has 1 saturated heterocycles. The van der Waals surface area contributed by atoms with Crippen molar-refractivity contribution in [2.45, 2.75) is 25.1 Å². The van der Waals surface area contributed by atoms with Gasteiger partial charge in [0.05, 0.1) is 25.5 Å². The number of halogens is 1. The van der Waals surface area contributed by atoms with E-state index >= 15 is 0 Å². The molecule has 22 heavy (non-hydrogen) atoms. The summed E-state index contributed by atoms with van der Waals surface area (Å²) in [6.07, 6.45) is 0.440. The molecule has 2 N–H and O–H groups in total. The number of aromatic amines is 1. The average molecular weight is 317 g/mol. The molecular weight excluding hydrogens is 301 g/mol. The molecule has 0 bridgehead atoms. The summed E-state index contributed by atoms with van der Waals surface area (Å²) in [5.41, 5.74) is -4.21. The van der Waals surface area contributed by atoms with E-state index in [1.165, 1.54) is 12.1 Å². The van der Waals surface area contributed by atoms with Gasteiger partial charge in [-0.05, 0) is 6.92 Å². The Kier molecular flexibility index (Phi) is 4.44. The number of hydrogen-bond acceptors (Lipinski definition) is 7. The number of aliphatic hydroxyl groups is 1. The lowest BCUT2D eigenvalue weighted by molar-refractivity contribution is -0.239. The van der Waals surface area contributed by atoms with Crippen molar-refractivity contribution in [2.75, 3.05) is 20.3 Å². The van der Waals surface area contributed by atoms with Crippen LogP contribution in [0.25, 0.3) is 0 Å². The number of rotatable bonds is 4. The fourth-order valence-corrected chi connectivity index (χ4v) is 2.30. The van der Waals surface area contributed by atoms with Gasteiger partial charge in [0.1, 0.15) is 0 Å². The van der Waals surface area contributed by atoms with Crippen LogP contribution in [0.4, 0.5) is 4.39 Å². The Balaban J connectivity index is 2.61. The molecule has 1 fully saturated rings. The summed E-state index contributed by atoms with van der Waals surface area (Å²) in [7, 11) is 1.45. The summed E-state index contributed by atoms with van der Waals surface area (Å²) in [4.78, 5) is 42.6. The quantitative estimate of drug-likeness (QED) is 0.651. The van der Waals surface area contributed by atoms with Gasteiger partial charge in [0, 0.05) is 13.5 Å². The predicted molar refractivity (Wildman–Crippen MR) is 70.2 cm³/mol. The van der Waals surface area contributed by atoms with Crippen LogP contribution in [-0.2, 0) is 20.1 Å². The van der Waals surface area contributed by atoms with Crippen LogP contribution in [-0.4, -0.2) is 52.0 Å². The first kappa shape index (κ1) is 16.3. The van der Waals surface area contributed by atoms with Crippen LogP contribution in [0.3, 0.4) is 0 Å². The van der Waals surface area contributed by atoms with E-state index in [1.54, 1.807) is 11.9 Å². The van der Waals surface area contributed by atoms with E-state index in [1.807, 2.05) is 0 Å². The molecule has 122 valence electrons. The van der Waals surface area contributed by atoms with Crippen LogP contribution < -0.4 is 11.2 Å². The zero-order chi connectivity index (χ0) is 16.5. The number of esters is 1. The van der Waals surface area contributed by atoms with E-state index in [-0.39, 0.29) is 19.6 Å². The lowest BCUT2D eigenvalue weighted by Crippen LogP contribution is -2.51. The number of likely N-dealkylation sites (N-methyl/N-ethyl adjacent to an activating group) is 1. The van der Waals surface area contributed by atoms with E-state index in [0.29, 0.717) is 10.8 Å². The minimum atomic E-state index is -1.99. The lowest BCUT2D eigenvalue weighted by atomic mass is 10.1. The third kappa shape index (κ3) is 2.56. The maximum atomic E-state index is 13.5. The van der Waals surface area contributed by atoms with Crippen molar-refractivity contribution in [3.05, 3.63) is 32.9 Å². The molecule has 0 saturated carbocycles. The van der Waals surface area contributed by atoms with Gasteiger partial charge in [-0.1, -0.05) is 0 Å². The Morgan fingerprint density at radius 3 is 2.86 bits per heavy atom. The normalized spacial score (nSPS) is 25.4. The number of H-pyrrole nitrogens is 1. The first-order valence-electron chi connectivity index (χ1n) is 6.57. The van der Waals surface area contributed by atoms with Crippen LogP contribution in [0.1, 0.15) is 13.3 Å². The first-order valence-corrected chi connectivity index (χ1v) is 6.57. The van der Waals surface area contributed by atoms with E-state index in [0.717, 1.165) is 0 Å². The van der Waals surface area contributed by atoms with Gasteiger partial charge in [-0.3, -0.25) is 19.2 Å². The first-order chi connectivity index (χ1) is 10.4. The smallest absolute Gasteiger partial charge is 0.362 e. The Hall–Kier alpha value is -2.04. The van der Waals surface area contributed by atoms with Crippen molar-refractivity contribution in [1.82, 2.24) is 14.6 Å². The molecule has 0 radical (unpaired) electrons. The number of aliphatic hydroxyl groups excluding tert-OH is 1. The third-order valence-corrected chi connectivity index (χ3v) is 3.41. The Morgan fingerprint density at radius 2 is 2.32 bits per heavy atom. The second kappa shape index (κ2) is 5.99. The molecule has 1 aliphatic heterocycles. The Labute approximate surface area is 123 Å². The molecule has 2 atom stereocenters. The van der Waals surface area contributed by atoms with Gasteiger partial charge < -0.3 is 9.84 Å². The molecule has 1 aromatic heterocycles. The Morgan fingerprint density at radius 1 is 1.64 bits per heavy atom. The second-order valence-electron chi connectivity index (χ2n) is 4.79. The second-order valence-corrected chi connectivity index (χ2v) is 4.79. The highest BCUT2D eigenvalue weighted by atomic mass is 19.1. The fourth-order valence-electron chi connectivity index (χ4n) is 2.30. The zero-order valence-electron chi connectivity index (χ0n) is 12.0. The maximum absolute atomic E-state index is 13.5. The van der Waals surface area contributed by atoms with Crippen molar-refractivity contribution in [2.24, 2.45) is 0 Å². The summed E-state index contributed by atoms with van der Waals surface area (Å²) in [5, 5.41) is 10.5. The molecule has 0 amide bonds. The van der Waals surface area contributed by atoms with Crippen molar-refractivity contribution in [1.29, 1.82) is 0 Å².